The highest BCUT2D eigenvalue weighted by Crippen LogP contribution is 2.56. The Bertz CT molecular complexity index is 3620. The largest absolute Gasteiger partial charge is 0.307 e. The topological polar surface area (TPSA) is 48.5 Å². The summed E-state index contributed by atoms with van der Waals surface area (Å²) in [5.74, 6) is 1.80. The number of para-hydroxylation sites is 2. The zero-order valence-electron chi connectivity index (χ0n) is 34.1. The standard InChI is InChI=1S/C58H37N5/c1-5-19-38(20-6-1)55-59-56(39-21-7-2-8-22-39)61-57(60-55)63-52-32-18-15-29-46(52)48-36-35-47-45-28-14-17-31-51(45)62(53(47)54(48)63)42-33-34-44-43-27-13-16-30-49(43)58(50(44)37-42,40-23-9-3-10-24-40)41-25-11-4-12-26-41/h1-37H. The Hall–Kier alpha value is -8.41. The predicted octanol–water partition coefficient (Wildman–Crippen LogP) is 13.8. The van der Waals surface area contributed by atoms with Gasteiger partial charge in [-0.3, -0.25) is 4.57 Å². The van der Waals surface area contributed by atoms with E-state index in [9.17, 15) is 0 Å². The SMILES string of the molecule is c1ccc(-c2nc(-c3ccccc3)nc(-n3c4ccccc4c4ccc5c6ccccc6n(-c6ccc7c(c6)C(c6ccccc6)(c6ccccc6)c6ccccc6-7)c5c43)n2)cc1. The molecule has 0 fully saturated rings. The average molecular weight is 804 g/mol. The van der Waals surface area contributed by atoms with E-state index < -0.39 is 5.41 Å². The molecule has 5 heteroatoms. The molecule has 12 aromatic rings. The summed E-state index contributed by atoms with van der Waals surface area (Å²) in [6.07, 6.45) is 0. The van der Waals surface area contributed by atoms with Crippen LogP contribution >= 0.6 is 0 Å². The minimum Gasteiger partial charge on any atom is -0.307 e. The first kappa shape index (κ1) is 35.4. The summed E-state index contributed by atoms with van der Waals surface area (Å²) in [5, 5.41) is 4.59. The zero-order valence-corrected chi connectivity index (χ0v) is 34.1. The Labute approximate surface area is 363 Å². The van der Waals surface area contributed by atoms with Crippen molar-refractivity contribution in [1.82, 2.24) is 24.1 Å². The van der Waals surface area contributed by atoms with E-state index in [1.807, 2.05) is 36.4 Å². The molecule has 3 heterocycles. The van der Waals surface area contributed by atoms with Gasteiger partial charge in [-0.1, -0.05) is 200 Å². The first-order chi connectivity index (χ1) is 31.3. The third-order valence-electron chi connectivity index (χ3n) is 13.1. The maximum atomic E-state index is 5.32. The van der Waals surface area contributed by atoms with Crippen LogP contribution in [0, 0.1) is 0 Å². The van der Waals surface area contributed by atoms with Gasteiger partial charge in [-0.05, 0) is 57.6 Å². The van der Waals surface area contributed by atoms with E-state index in [0.29, 0.717) is 17.6 Å². The van der Waals surface area contributed by atoms with E-state index in [1.54, 1.807) is 0 Å². The molecule has 0 bridgehead atoms. The molecule has 1 aliphatic carbocycles. The summed E-state index contributed by atoms with van der Waals surface area (Å²) in [5.41, 5.74) is 14.2. The van der Waals surface area contributed by atoms with Crippen molar-refractivity contribution >= 4 is 43.6 Å². The molecule has 3 aromatic heterocycles. The molecule has 294 valence electrons. The normalized spacial score (nSPS) is 12.9. The van der Waals surface area contributed by atoms with Crippen LogP contribution in [0.25, 0.3) is 89.2 Å². The van der Waals surface area contributed by atoms with Crippen molar-refractivity contribution in [3.8, 4) is 45.5 Å². The summed E-state index contributed by atoms with van der Waals surface area (Å²) in [7, 11) is 0. The van der Waals surface area contributed by atoms with Crippen molar-refractivity contribution in [2.75, 3.05) is 0 Å². The fraction of sp³-hybridized carbons (Fsp3) is 0.0172. The fourth-order valence-electron chi connectivity index (χ4n) is 10.4. The summed E-state index contributed by atoms with van der Waals surface area (Å²) in [4.78, 5) is 15.7. The monoisotopic (exact) mass is 803 g/mol. The minimum atomic E-state index is -0.542. The lowest BCUT2D eigenvalue weighted by Gasteiger charge is -2.34. The molecule has 0 atom stereocenters. The molecule has 5 nitrogen and oxygen atoms in total. The van der Waals surface area contributed by atoms with Gasteiger partial charge in [0.25, 0.3) is 0 Å². The number of hydrogen-bond acceptors (Lipinski definition) is 3. The molecule has 9 aromatic carbocycles. The third-order valence-corrected chi connectivity index (χ3v) is 13.1. The molecular weight excluding hydrogens is 767 g/mol. The Morgan fingerprint density at radius 2 is 0.794 bits per heavy atom. The van der Waals surface area contributed by atoms with Crippen LogP contribution in [0.4, 0.5) is 0 Å². The predicted molar refractivity (Wildman–Crippen MR) is 257 cm³/mol. The Balaban J connectivity index is 1.16. The molecule has 1 aliphatic rings. The van der Waals surface area contributed by atoms with Crippen molar-refractivity contribution in [1.29, 1.82) is 0 Å². The van der Waals surface area contributed by atoms with Crippen molar-refractivity contribution < 1.29 is 0 Å². The van der Waals surface area contributed by atoms with Crippen LogP contribution in [0.2, 0.25) is 0 Å². The number of nitrogens with zero attached hydrogens (tertiary/aromatic N) is 5. The lowest BCUT2D eigenvalue weighted by Crippen LogP contribution is -2.28. The van der Waals surface area contributed by atoms with Gasteiger partial charge in [0.15, 0.2) is 11.6 Å². The first-order valence-corrected chi connectivity index (χ1v) is 21.5. The van der Waals surface area contributed by atoms with Crippen molar-refractivity contribution in [2.24, 2.45) is 0 Å². The molecular formula is C58H37N5. The van der Waals surface area contributed by atoms with Crippen LogP contribution in [0.5, 0.6) is 0 Å². The van der Waals surface area contributed by atoms with Crippen LogP contribution in [0.1, 0.15) is 22.3 Å². The molecule has 0 unspecified atom stereocenters. The Morgan fingerprint density at radius 3 is 1.38 bits per heavy atom. The highest BCUT2D eigenvalue weighted by atomic mass is 15.2. The van der Waals surface area contributed by atoms with Gasteiger partial charge in [-0.15, -0.1) is 0 Å². The molecule has 0 spiro atoms. The molecule has 0 aliphatic heterocycles. The highest BCUT2D eigenvalue weighted by molar-refractivity contribution is 6.23. The number of aromatic nitrogens is 5. The lowest BCUT2D eigenvalue weighted by molar-refractivity contribution is 0.767. The van der Waals surface area contributed by atoms with Crippen LogP contribution in [0.3, 0.4) is 0 Å². The second-order valence-electron chi connectivity index (χ2n) is 16.3. The van der Waals surface area contributed by atoms with Crippen LogP contribution in [-0.4, -0.2) is 24.1 Å². The van der Waals surface area contributed by atoms with Gasteiger partial charge < -0.3 is 4.57 Å². The Kier molecular flexibility index (Phi) is 7.75. The fourth-order valence-corrected chi connectivity index (χ4v) is 10.4. The van der Waals surface area contributed by atoms with Crippen molar-refractivity contribution in [3.63, 3.8) is 0 Å². The van der Waals surface area contributed by atoms with Gasteiger partial charge >= 0.3 is 0 Å². The number of hydrogen-bond donors (Lipinski definition) is 0. The number of benzene rings is 9. The first-order valence-electron chi connectivity index (χ1n) is 21.5. The average Bonchev–Trinajstić information content (AvgIpc) is 3.99. The summed E-state index contributed by atoms with van der Waals surface area (Å²) in [6.45, 7) is 0. The minimum absolute atomic E-state index is 0.542. The van der Waals surface area contributed by atoms with E-state index in [1.165, 1.54) is 38.8 Å². The molecule has 0 amide bonds. The number of rotatable bonds is 6. The lowest BCUT2D eigenvalue weighted by atomic mass is 9.67. The zero-order chi connectivity index (χ0) is 41.5. The van der Waals surface area contributed by atoms with Crippen molar-refractivity contribution in [2.45, 2.75) is 5.41 Å². The summed E-state index contributed by atoms with van der Waals surface area (Å²) < 4.78 is 4.74. The molecule has 0 N–H and O–H groups in total. The molecule has 0 saturated heterocycles. The van der Waals surface area contributed by atoms with Gasteiger partial charge in [0, 0.05) is 38.4 Å². The molecule has 0 radical (unpaired) electrons. The summed E-state index contributed by atoms with van der Waals surface area (Å²) in [6, 6.07) is 80.5. The maximum absolute atomic E-state index is 5.32. The summed E-state index contributed by atoms with van der Waals surface area (Å²) >= 11 is 0. The van der Waals surface area contributed by atoms with E-state index in [4.69, 9.17) is 15.0 Å². The number of fused-ring (bicyclic) bond motifs is 10. The van der Waals surface area contributed by atoms with Gasteiger partial charge in [-0.25, -0.2) is 4.98 Å². The van der Waals surface area contributed by atoms with E-state index >= 15 is 0 Å². The van der Waals surface area contributed by atoms with Gasteiger partial charge in [0.05, 0.1) is 27.5 Å². The van der Waals surface area contributed by atoms with Crippen LogP contribution in [-0.2, 0) is 5.41 Å². The van der Waals surface area contributed by atoms with Gasteiger partial charge in [0.1, 0.15) is 0 Å². The Morgan fingerprint density at radius 1 is 0.333 bits per heavy atom. The van der Waals surface area contributed by atoms with E-state index in [0.717, 1.165) is 55.0 Å². The van der Waals surface area contributed by atoms with Crippen LogP contribution < -0.4 is 0 Å². The second-order valence-corrected chi connectivity index (χ2v) is 16.3. The second kappa shape index (κ2) is 13.8. The maximum Gasteiger partial charge on any atom is 0.238 e. The smallest absolute Gasteiger partial charge is 0.238 e. The third kappa shape index (κ3) is 5.14. The molecule has 0 saturated carbocycles. The van der Waals surface area contributed by atoms with E-state index in [-0.39, 0.29) is 0 Å². The van der Waals surface area contributed by atoms with Gasteiger partial charge in [0.2, 0.25) is 5.95 Å². The quantitative estimate of drug-likeness (QED) is 0.168. The van der Waals surface area contributed by atoms with Gasteiger partial charge in [-0.2, -0.15) is 9.97 Å². The highest BCUT2D eigenvalue weighted by Gasteiger charge is 2.46. The van der Waals surface area contributed by atoms with E-state index in [2.05, 4.69) is 197 Å². The van der Waals surface area contributed by atoms with Crippen LogP contribution in [0.15, 0.2) is 224 Å². The van der Waals surface area contributed by atoms with Crippen molar-refractivity contribution in [3.05, 3.63) is 247 Å². The molecule has 63 heavy (non-hydrogen) atoms. The molecule has 13 rings (SSSR count).